The number of aryl methyl sites for hydroxylation is 1. The topological polar surface area (TPSA) is 73.6 Å². The Hall–Kier alpha value is -3.28. The van der Waals surface area contributed by atoms with E-state index in [0.717, 1.165) is 16.7 Å². The van der Waals surface area contributed by atoms with Gasteiger partial charge in [0.2, 0.25) is 6.79 Å². The van der Waals surface area contributed by atoms with E-state index in [4.69, 9.17) is 14.0 Å². The fourth-order valence-corrected chi connectivity index (χ4v) is 2.66. The second-order valence-corrected chi connectivity index (χ2v) is 5.82. The summed E-state index contributed by atoms with van der Waals surface area (Å²) in [5, 5.41) is 6.70. The minimum atomic E-state index is -0.280. The summed E-state index contributed by atoms with van der Waals surface area (Å²) in [5.74, 6) is 1.56. The van der Waals surface area contributed by atoms with E-state index in [1.165, 1.54) is 0 Å². The molecule has 1 aliphatic rings. The van der Waals surface area contributed by atoms with Crippen LogP contribution in [0.3, 0.4) is 0 Å². The molecule has 3 aromatic rings. The number of rotatable bonds is 4. The fraction of sp³-hybridized carbons (Fsp3) is 0.158. The molecular formula is C19H16N2O4. The van der Waals surface area contributed by atoms with E-state index in [-0.39, 0.29) is 18.4 Å². The molecule has 0 atom stereocenters. The molecule has 4 rings (SSSR count). The lowest BCUT2D eigenvalue weighted by Gasteiger charge is -2.03. The van der Waals surface area contributed by atoms with Crippen molar-refractivity contribution >= 4 is 5.91 Å². The third-order valence-electron chi connectivity index (χ3n) is 3.94. The number of nitrogens with zero attached hydrogens (tertiary/aromatic N) is 1. The number of fused-ring (bicyclic) bond motifs is 1. The number of benzene rings is 2. The zero-order valence-corrected chi connectivity index (χ0v) is 13.6. The average molecular weight is 336 g/mol. The van der Waals surface area contributed by atoms with Gasteiger partial charge in [-0.15, -0.1) is 0 Å². The van der Waals surface area contributed by atoms with Gasteiger partial charge in [0.25, 0.3) is 5.91 Å². The summed E-state index contributed by atoms with van der Waals surface area (Å²) >= 11 is 0. The van der Waals surface area contributed by atoms with E-state index in [1.807, 2.05) is 37.3 Å². The molecule has 0 bridgehead atoms. The van der Waals surface area contributed by atoms with Gasteiger partial charge < -0.3 is 19.3 Å². The summed E-state index contributed by atoms with van der Waals surface area (Å²) in [6.45, 7) is 2.66. The molecule has 0 saturated heterocycles. The SMILES string of the molecule is Cc1cccc(CNC(=O)c2cc(-c3ccc4c(c3)OCO4)on2)c1. The number of carbonyl (C=O) groups excluding carboxylic acids is 1. The summed E-state index contributed by atoms with van der Waals surface area (Å²) in [5.41, 5.74) is 3.20. The molecule has 1 aromatic heterocycles. The van der Waals surface area contributed by atoms with Crippen LogP contribution in [0, 0.1) is 6.92 Å². The Morgan fingerprint density at radius 1 is 1.12 bits per heavy atom. The van der Waals surface area contributed by atoms with Crippen LogP contribution in [0.2, 0.25) is 0 Å². The molecule has 0 fully saturated rings. The number of ether oxygens (including phenoxy) is 2. The van der Waals surface area contributed by atoms with Crippen LogP contribution in [0.15, 0.2) is 53.1 Å². The van der Waals surface area contributed by atoms with Crippen LogP contribution in [0.25, 0.3) is 11.3 Å². The first-order valence-corrected chi connectivity index (χ1v) is 7.89. The van der Waals surface area contributed by atoms with E-state index in [0.29, 0.717) is 23.8 Å². The van der Waals surface area contributed by atoms with Crippen molar-refractivity contribution in [2.75, 3.05) is 6.79 Å². The van der Waals surface area contributed by atoms with Gasteiger partial charge in [-0.1, -0.05) is 35.0 Å². The van der Waals surface area contributed by atoms with Gasteiger partial charge in [0.15, 0.2) is 23.0 Å². The Morgan fingerprint density at radius 3 is 2.88 bits per heavy atom. The third kappa shape index (κ3) is 3.19. The summed E-state index contributed by atoms with van der Waals surface area (Å²) in [4.78, 5) is 12.3. The molecule has 126 valence electrons. The van der Waals surface area contributed by atoms with Gasteiger partial charge >= 0.3 is 0 Å². The molecule has 2 heterocycles. The molecular weight excluding hydrogens is 320 g/mol. The van der Waals surface area contributed by atoms with Crippen molar-refractivity contribution in [2.24, 2.45) is 0 Å². The predicted octanol–water partition coefficient (Wildman–Crippen LogP) is 3.31. The van der Waals surface area contributed by atoms with Crippen molar-refractivity contribution < 1.29 is 18.8 Å². The minimum absolute atomic E-state index is 0.210. The Morgan fingerprint density at radius 2 is 2.00 bits per heavy atom. The van der Waals surface area contributed by atoms with Crippen molar-refractivity contribution in [3.05, 3.63) is 65.4 Å². The highest BCUT2D eigenvalue weighted by atomic mass is 16.7. The summed E-state index contributed by atoms with van der Waals surface area (Å²) in [6.07, 6.45) is 0. The van der Waals surface area contributed by atoms with Crippen LogP contribution in [0.5, 0.6) is 11.5 Å². The first-order chi connectivity index (χ1) is 12.2. The normalized spacial score (nSPS) is 12.2. The van der Waals surface area contributed by atoms with Gasteiger partial charge in [0.05, 0.1) is 0 Å². The van der Waals surface area contributed by atoms with Crippen molar-refractivity contribution in [1.82, 2.24) is 10.5 Å². The maximum Gasteiger partial charge on any atom is 0.273 e. The van der Waals surface area contributed by atoms with Crippen molar-refractivity contribution in [3.63, 3.8) is 0 Å². The molecule has 0 aliphatic carbocycles. The van der Waals surface area contributed by atoms with E-state index < -0.39 is 0 Å². The largest absolute Gasteiger partial charge is 0.454 e. The molecule has 2 aromatic carbocycles. The van der Waals surface area contributed by atoms with E-state index in [9.17, 15) is 4.79 Å². The monoisotopic (exact) mass is 336 g/mol. The van der Waals surface area contributed by atoms with Crippen LogP contribution >= 0.6 is 0 Å². The van der Waals surface area contributed by atoms with E-state index in [2.05, 4.69) is 10.5 Å². The lowest BCUT2D eigenvalue weighted by Crippen LogP contribution is -2.23. The standard InChI is InChI=1S/C19H16N2O4/c1-12-3-2-4-13(7-12)10-20-19(22)15-9-17(25-21-15)14-5-6-16-18(8-14)24-11-23-16/h2-9H,10-11H2,1H3,(H,20,22). The molecule has 1 aliphatic heterocycles. The number of carbonyl (C=O) groups is 1. The lowest BCUT2D eigenvalue weighted by atomic mass is 10.1. The average Bonchev–Trinajstić information content (AvgIpc) is 3.28. The quantitative estimate of drug-likeness (QED) is 0.791. The first-order valence-electron chi connectivity index (χ1n) is 7.89. The zero-order valence-electron chi connectivity index (χ0n) is 13.6. The maximum absolute atomic E-state index is 12.3. The summed E-state index contributed by atoms with van der Waals surface area (Å²) in [6, 6.07) is 15.0. The van der Waals surface area contributed by atoms with Crippen molar-refractivity contribution in [2.45, 2.75) is 13.5 Å². The predicted molar refractivity (Wildman–Crippen MR) is 90.4 cm³/mol. The third-order valence-corrected chi connectivity index (χ3v) is 3.94. The maximum atomic E-state index is 12.3. The van der Waals surface area contributed by atoms with Crippen LogP contribution in [-0.2, 0) is 6.54 Å². The molecule has 25 heavy (non-hydrogen) atoms. The van der Waals surface area contributed by atoms with Gasteiger partial charge in [-0.05, 0) is 30.7 Å². The van der Waals surface area contributed by atoms with Crippen LogP contribution < -0.4 is 14.8 Å². The fourth-order valence-electron chi connectivity index (χ4n) is 2.66. The zero-order chi connectivity index (χ0) is 17.2. The Bertz CT molecular complexity index is 933. The Kier molecular flexibility index (Phi) is 3.85. The van der Waals surface area contributed by atoms with E-state index >= 15 is 0 Å². The second-order valence-electron chi connectivity index (χ2n) is 5.82. The van der Waals surface area contributed by atoms with Crippen LogP contribution in [0.4, 0.5) is 0 Å². The van der Waals surface area contributed by atoms with Gasteiger partial charge in [0, 0.05) is 18.2 Å². The smallest absolute Gasteiger partial charge is 0.273 e. The van der Waals surface area contributed by atoms with Crippen molar-refractivity contribution in [1.29, 1.82) is 0 Å². The molecule has 6 heteroatoms. The van der Waals surface area contributed by atoms with Gasteiger partial charge in [-0.2, -0.15) is 0 Å². The summed E-state index contributed by atoms with van der Waals surface area (Å²) < 4.78 is 15.9. The highest BCUT2D eigenvalue weighted by Gasteiger charge is 2.17. The first kappa shape index (κ1) is 15.3. The lowest BCUT2D eigenvalue weighted by molar-refractivity contribution is 0.0942. The van der Waals surface area contributed by atoms with Crippen LogP contribution in [-0.4, -0.2) is 17.9 Å². The molecule has 0 saturated carbocycles. The summed E-state index contributed by atoms with van der Waals surface area (Å²) in [7, 11) is 0. The van der Waals surface area contributed by atoms with Gasteiger partial charge in [-0.3, -0.25) is 4.79 Å². The minimum Gasteiger partial charge on any atom is -0.454 e. The number of amides is 1. The second kappa shape index (κ2) is 6.32. The molecule has 1 amide bonds. The molecule has 0 spiro atoms. The molecule has 0 unspecified atom stereocenters. The Labute approximate surface area is 144 Å². The highest BCUT2D eigenvalue weighted by Crippen LogP contribution is 2.35. The number of hydrogen-bond acceptors (Lipinski definition) is 5. The molecule has 1 N–H and O–H groups in total. The number of hydrogen-bond donors (Lipinski definition) is 1. The molecule has 6 nitrogen and oxygen atoms in total. The molecule has 0 radical (unpaired) electrons. The van der Waals surface area contributed by atoms with E-state index in [1.54, 1.807) is 18.2 Å². The van der Waals surface area contributed by atoms with Gasteiger partial charge in [0.1, 0.15) is 0 Å². The number of aromatic nitrogens is 1. The van der Waals surface area contributed by atoms with Crippen LogP contribution in [0.1, 0.15) is 21.6 Å². The highest BCUT2D eigenvalue weighted by molar-refractivity contribution is 5.93. The van der Waals surface area contributed by atoms with Gasteiger partial charge in [-0.25, -0.2) is 0 Å². The number of nitrogens with one attached hydrogen (secondary N) is 1. The van der Waals surface area contributed by atoms with Crippen molar-refractivity contribution in [3.8, 4) is 22.8 Å². The Balaban J connectivity index is 1.46.